The number of carbonyl (C=O) groups excluding carboxylic acids is 1. The number of carboxylic acid groups (broad SMARTS) is 1. The molecule has 27 heavy (non-hydrogen) atoms. The van der Waals surface area contributed by atoms with E-state index < -0.39 is 23.7 Å². The highest BCUT2D eigenvalue weighted by Crippen LogP contribution is 2.19. The number of rotatable bonds is 6. The summed E-state index contributed by atoms with van der Waals surface area (Å²) in [6.07, 6.45) is 0.150. The molecule has 0 spiro atoms. The van der Waals surface area contributed by atoms with Crippen LogP contribution in [0.25, 0.3) is 11.1 Å². The number of carbonyl (C=O) groups is 2. The molecule has 0 aliphatic carbocycles. The molecule has 2 N–H and O–H groups in total. The summed E-state index contributed by atoms with van der Waals surface area (Å²) in [7, 11) is 0. The first-order valence-corrected chi connectivity index (χ1v) is 8.46. The first kappa shape index (κ1) is 18.3. The van der Waals surface area contributed by atoms with Crippen LogP contribution in [-0.2, 0) is 11.2 Å². The van der Waals surface area contributed by atoms with E-state index in [-0.39, 0.29) is 12.0 Å². The summed E-state index contributed by atoms with van der Waals surface area (Å²) >= 11 is 0. The molecule has 0 bridgehead atoms. The number of halogens is 1. The lowest BCUT2D eigenvalue weighted by Crippen LogP contribution is -2.42. The molecule has 0 aromatic heterocycles. The normalized spacial score (nSPS) is 11.6. The van der Waals surface area contributed by atoms with E-state index in [0.29, 0.717) is 0 Å². The molecule has 0 saturated heterocycles. The van der Waals surface area contributed by atoms with Crippen LogP contribution in [0.1, 0.15) is 15.9 Å². The fourth-order valence-electron chi connectivity index (χ4n) is 2.74. The molecular weight excluding hydrogens is 345 g/mol. The van der Waals surface area contributed by atoms with Crippen molar-refractivity contribution < 1.29 is 19.1 Å². The van der Waals surface area contributed by atoms with Gasteiger partial charge in [-0.15, -0.1) is 0 Å². The number of hydrogen-bond acceptors (Lipinski definition) is 2. The lowest BCUT2D eigenvalue weighted by atomic mass is 10.0. The maximum absolute atomic E-state index is 13.0. The van der Waals surface area contributed by atoms with Crippen LogP contribution in [0.3, 0.4) is 0 Å². The highest BCUT2D eigenvalue weighted by atomic mass is 19.1. The largest absolute Gasteiger partial charge is 0.480 e. The minimum atomic E-state index is -1.13. The third-order valence-corrected chi connectivity index (χ3v) is 4.21. The van der Waals surface area contributed by atoms with Gasteiger partial charge in [0.05, 0.1) is 0 Å². The molecule has 0 aliphatic heterocycles. The molecule has 0 unspecified atom stereocenters. The van der Waals surface area contributed by atoms with Gasteiger partial charge in [-0.2, -0.15) is 0 Å². The Labute approximate surface area is 156 Å². The number of hydrogen-bond donors (Lipinski definition) is 2. The van der Waals surface area contributed by atoms with Crippen LogP contribution < -0.4 is 5.32 Å². The van der Waals surface area contributed by atoms with E-state index >= 15 is 0 Å². The zero-order chi connectivity index (χ0) is 19.2. The van der Waals surface area contributed by atoms with Crippen LogP contribution >= 0.6 is 0 Å². The number of amides is 1. The molecule has 1 amide bonds. The highest BCUT2D eigenvalue weighted by molar-refractivity contribution is 5.96. The molecule has 3 rings (SSSR count). The summed E-state index contributed by atoms with van der Waals surface area (Å²) in [5.74, 6) is -2.14. The molecule has 0 heterocycles. The molecule has 0 fully saturated rings. The first-order valence-electron chi connectivity index (χ1n) is 8.46. The van der Waals surface area contributed by atoms with Crippen molar-refractivity contribution in [1.29, 1.82) is 0 Å². The Morgan fingerprint density at radius 1 is 0.852 bits per heavy atom. The van der Waals surface area contributed by atoms with E-state index in [1.807, 2.05) is 54.6 Å². The molecule has 5 heteroatoms. The van der Waals surface area contributed by atoms with Gasteiger partial charge in [-0.05, 0) is 41.0 Å². The maximum atomic E-state index is 13.0. The number of aliphatic carboxylic acids is 1. The van der Waals surface area contributed by atoms with Crippen LogP contribution in [0.4, 0.5) is 4.39 Å². The van der Waals surface area contributed by atoms with Gasteiger partial charge in [0.25, 0.3) is 5.91 Å². The summed E-state index contributed by atoms with van der Waals surface area (Å²) < 4.78 is 13.0. The van der Waals surface area contributed by atoms with Crippen molar-refractivity contribution in [1.82, 2.24) is 5.32 Å². The number of carboxylic acids is 1. The van der Waals surface area contributed by atoms with Gasteiger partial charge in [0.15, 0.2) is 0 Å². The fourth-order valence-corrected chi connectivity index (χ4v) is 2.74. The van der Waals surface area contributed by atoms with Crippen molar-refractivity contribution in [3.05, 3.63) is 95.8 Å². The van der Waals surface area contributed by atoms with Crippen molar-refractivity contribution >= 4 is 11.9 Å². The van der Waals surface area contributed by atoms with Crippen molar-refractivity contribution in [3.8, 4) is 11.1 Å². The molecular formula is C22H18FNO3. The SMILES string of the molecule is O=C(N[C@@H](Cc1ccc(-c2ccccc2)cc1)C(=O)O)c1ccc(F)cc1. The summed E-state index contributed by atoms with van der Waals surface area (Å²) in [5.41, 5.74) is 3.11. The van der Waals surface area contributed by atoms with E-state index in [0.717, 1.165) is 28.8 Å². The Morgan fingerprint density at radius 2 is 1.44 bits per heavy atom. The quantitative estimate of drug-likeness (QED) is 0.698. The van der Waals surface area contributed by atoms with E-state index in [9.17, 15) is 19.1 Å². The maximum Gasteiger partial charge on any atom is 0.326 e. The summed E-state index contributed by atoms with van der Waals surface area (Å²) in [5, 5.41) is 11.9. The summed E-state index contributed by atoms with van der Waals surface area (Å²) in [6, 6.07) is 21.3. The van der Waals surface area contributed by atoms with Crippen LogP contribution in [0.5, 0.6) is 0 Å². The molecule has 3 aromatic carbocycles. The van der Waals surface area contributed by atoms with Crippen LogP contribution in [0.15, 0.2) is 78.9 Å². The summed E-state index contributed by atoms with van der Waals surface area (Å²) in [4.78, 5) is 23.7. The van der Waals surface area contributed by atoms with Gasteiger partial charge >= 0.3 is 5.97 Å². The molecule has 1 atom stereocenters. The van der Waals surface area contributed by atoms with Gasteiger partial charge in [0.1, 0.15) is 11.9 Å². The molecule has 3 aromatic rings. The topological polar surface area (TPSA) is 66.4 Å². The van der Waals surface area contributed by atoms with E-state index in [1.54, 1.807) is 0 Å². The van der Waals surface area contributed by atoms with Gasteiger partial charge < -0.3 is 10.4 Å². The fraction of sp³-hybridized carbons (Fsp3) is 0.0909. The Kier molecular flexibility index (Phi) is 5.61. The Balaban J connectivity index is 1.70. The van der Waals surface area contributed by atoms with Crippen LogP contribution in [0, 0.1) is 5.82 Å². The average Bonchev–Trinajstić information content (AvgIpc) is 2.69. The van der Waals surface area contributed by atoms with Gasteiger partial charge in [-0.1, -0.05) is 54.6 Å². The molecule has 0 radical (unpaired) electrons. The smallest absolute Gasteiger partial charge is 0.326 e. The molecule has 4 nitrogen and oxygen atoms in total. The van der Waals surface area contributed by atoms with Crippen molar-refractivity contribution in [2.24, 2.45) is 0 Å². The predicted octanol–water partition coefficient (Wildman–Crippen LogP) is 3.92. The monoisotopic (exact) mass is 363 g/mol. The van der Waals surface area contributed by atoms with Crippen LogP contribution in [0.2, 0.25) is 0 Å². The van der Waals surface area contributed by atoms with Crippen molar-refractivity contribution in [2.45, 2.75) is 12.5 Å². The van der Waals surface area contributed by atoms with Crippen molar-refractivity contribution in [3.63, 3.8) is 0 Å². The van der Waals surface area contributed by atoms with Gasteiger partial charge in [0.2, 0.25) is 0 Å². The Hall–Kier alpha value is -3.47. The first-order chi connectivity index (χ1) is 13.0. The molecule has 136 valence electrons. The van der Waals surface area contributed by atoms with Gasteiger partial charge in [0, 0.05) is 12.0 Å². The third kappa shape index (κ3) is 4.79. The lowest BCUT2D eigenvalue weighted by Gasteiger charge is -2.15. The standard InChI is InChI=1S/C22H18FNO3/c23-19-12-10-18(11-13-19)21(25)24-20(22(26)27)14-15-6-8-17(9-7-15)16-4-2-1-3-5-16/h1-13,20H,14H2,(H,24,25)(H,26,27)/t20-/m0/s1. The second kappa shape index (κ2) is 8.27. The Bertz CT molecular complexity index is 922. The minimum Gasteiger partial charge on any atom is -0.480 e. The van der Waals surface area contributed by atoms with Gasteiger partial charge in [-0.3, -0.25) is 4.79 Å². The Morgan fingerprint density at radius 3 is 2.04 bits per heavy atom. The third-order valence-electron chi connectivity index (χ3n) is 4.21. The predicted molar refractivity (Wildman–Crippen MR) is 101 cm³/mol. The van der Waals surface area contributed by atoms with E-state index in [1.165, 1.54) is 12.1 Å². The number of benzene rings is 3. The number of nitrogens with one attached hydrogen (secondary N) is 1. The van der Waals surface area contributed by atoms with Gasteiger partial charge in [-0.25, -0.2) is 9.18 Å². The average molecular weight is 363 g/mol. The molecule has 0 aliphatic rings. The minimum absolute atomic E-state index is 0.150. The van der Waals surface area contributed by atoms with Crippen molar-refractivity contribution in [2.75, 3.05) is 0 Å². The van der Waals surface area contributed by atoms with Crippen LogP contribution in [-0.4, -0.2) is 23.0 Å². The second-order valence-corrected chi connectivity index (χ2v) is 6.14. The van der Waals surface area contributed by atoms with E-state index in [4.69, 9.17) is 0 Å². The zero-order valence-corrected chi connectivity index (χ0v) is 14.4. The molecule has 0 saturated carbocycles. The van der Waals surface area contributed by atoms with E-state index in [2.05, 4.69) is 5.32 Å². The highest BCUT2D eigenvalue weighted by Gasteiger charge is 2.21. The lowest BCUT2D eigenvalue weighted by molar-refractivity contribution is -0.139. The second-order valence-electron chi connectivity index (χ2n) is 6.14. The zero-order valence-electron chi connectivity index (χ0n) is 14.4. The summed E-state index contributed by atoms with van der Waals surface area (Å²) in [6.45, 7) is 0.